The van der Waals surface area contributed by atoms with Crippen LogP contribution in [0.5, 0.6) is 5.75 Å². The Balaban J connectivity index is 1.63. The predicted octanol–water partition coefficient (Wildman–Crippen LogP) is 4.98. The first-order valence-electron chi connectivity index (χ1n) is 9.48. The molecule has 0 fully saturated rings. The lowest BCUT2D eigenvalue weighted by atomic mass is 10.1. The van der Waals surface area contributed by atoms with Gasteiger partial charge in [0.25, 0.3) is 11.6 Å². The lowest BCUT2D eigenvalue weighted by molar-refractivity contribution is -0.384. The highest BCUT2D eigenvalue weighted by atomic mass is 16.6. The normalized spacial score (nSPS) is 14.8. The van der Waals surface area contributed by atoms with Crippen molar-refractivity contribution >= 4 is 29.1 Å². The second-order valence-electron chi connectivity index (χ2n) is 7.04. The van der Waals surface area contributed by atoms with Gasteiger partial charge < -0.3 is 9.15 Å². The number of rotatable bonds is 5. The molecule has 1 amide bonds. The maximum Gasteiger partial charge on any atom is 0.280 e. The number of benzene rings is 2. The number of carbonyl (C=O) groups excluding carboxylic acids is 1. The van der Waals surface area contributed by atoms with Crippen LogP contribution in [0.25, 0.3) is 17.4 Å². The van der Waals surface area contributed by atoms with E-state index in [1.54, 1.807) is 31.2 Å². The molecule has 0 saturated heterocycles. The highest BCUT2D eigenvalue weighted by Gasteiger charge is 2.29. The average molecular weight is 417 g/mol. The smallest absolute Gasteiger partial charge is 0.280 e. The largest absolute Gasteiger partial charge is 0.496 e. The molecule has 0 spiro atoms. The summed E-state index contributed by atoms with van der Waals surface area (Å²) in [6.07, 6.45) is 1.64. The summed E-state index contributed by atoms with van der Waals surface area (Å²) in [4.78, 5) is 23.4. The number of nitro benzene ring substituents is 1. The monoisotopic (exact) mass is 417 g/mol. The van der Waals surface area contributed by atoms with Gasteiger partial charge in [-0.25, -0.2) is 0 Å². The van der Waals surface area contributed by atoms with E-state index in [-0.39, 0.29) is 11.6 Å². The van der Waals surface area contributed by atoms with Gasteiger partial charge in [0, 0.05) is 6.07 Å². The molecule has 0 aliphatic carbocycles. The minimum absolute atomic E-state index is 0.0749. The van der Waals surface area contributed by atoms with Gasteiger partial charge in [0.2, 0.25) is 0 Å². The minimum atomic E-state index is -0.488. The van der Waals surface area contributed by atoms with Crippen molar-refractivity contribution in [2.24, 2.45) is 5.10 Å². The number of amides is 1. The van der Waals surface area contributed by atoms with Crippen LogP contribution in [-0.2, 0) is 4.79 Å². The van der Waals surface area contributed by atoms with Crippen LogP contribution in [-0.4, -0.2) is 23.7 Å². The first-order chi connectivity index (χ1) is 14.9. The zero-order chi connectivity index (χ0) is 22.1. The Hall–Kier alpha value is -4.20. The summed E-state index contributed by atoms with van der Waals surface area (Å²) in [6, 6.07) is 15.3. The zero-order valence-electron chi connectivity index (χ0n) is 17.2. The van der Waals surface area contributed by atoms with E-state index in [9.17, 15) is 14.9 Å². The number of ether oxygens (including phenoxy) is 1. The number of methoxy groups -OCH3 is 1. The molecule has 31 heavy (non-hydrogen) atoms. The van der Waals surface area contributed by atoms with Crippen LogP contribution in [0.15, 0.2) is 69.7 Å². The number of hydrogen-bond donors (Lipinski definition) is 0. The summed E-state index contributed by atoms with van der Waals surface area (Å²) in [6.45, 7) is 3.74. The molecule has 0 N–H and O–H groups in total. The average Bonchev–Trinajstić information content (AvgIpc) is 3.34. The van der Waals surface area contributed by atoms with Crippen LogP contribution in [0, 0.1) is 17.0 Å². The second-order valence-corrected chi connectivity index (χ2v) is 7.04. The number of nitrogens with zero attached hydrogens (tertiary/aromatic N) is 3. The third-order valence-electron chi connectivity index (χ3n) is 4.92. The maximum atomic E-state index is 12.9. The SMILES string of the molecule is COc1cc([N+](=O)[O-])ccc1-c1ccc(/C=C2/C(=O)N(c3ccc(C)cc3)N=C2C)o1. The number of furan rings is 1. The molecule has 2 heterocycles. The number of carbonyl (C=O) groups is 1. The van der Waals surface area contributed by atoms with Crippen molar-refractivity contribution in [3.8, 4) is 17.1 Å². The molecule has 0 saturated carbocycles. The number of anilines is 1. The molecule has 0 atom stereocenters. The van der Waals surface area contributed by atoms with Crippen molar-refractivity contribution in [1.82, 2.24) is 0 Å². The maximum absolute atomic E-state index is 12.9. The van der Waals surface area contributed by atoms with Crippen LogP contribution in [0.4, 0.5) is 11.4 Å². The molecular weight excluding hydrogens is 398 g/mol. The topological polar surface area (TPSA) is 98.2 Å². The van der Waals surface area contributed by atoms with Crippen molar-refractivity contribution < 1.29 is 18.9 Å². The third-order valence-corrected chi connectivity index (χ3v) is 4.92. The van der Waals surface area contributed by atoms with E-state index in [0.717, 1.165) is 5.56 Å². The minimum Gasteiger partial charge on any atom is -0.496 e. The summed E-state index contributed by atoms with van der Waals surface area (Å²) in [5.41, 5.74) is 3.29. The van der Waals surface area contributed by atoms with Crippen LogP contribution in [0.3, 0.4) is 0 Å². The number of nitro groups is 1. The summed E-state index contributed by atoms with van der Waals surface area (Å²) in [7, 11) is 1.44. The fraction of sp³-hybridized carbons (Fsp3) is 0.130. The van der Waals surface area contributed by atoms with E-state index in [1.807, 2.05) is 31.2 Å². The Labute approximate surface area is 178 Å². The van der Waals surface area contributed by atoms with Crippen LogP contribution >= 0.6 is 0 Å². The first kappa shape index (κ1) is 20.1. The van der Waals surface area contributed by atoms with Crippen LogP contribution in [0.2, 0.25) is 0 Å². The van der Waals surface area contributed by atoms with Crippen molar-refractivity contribution in [3.63, 3.8) is 0 Å². The number of hydrazone groups is 1. The van der Waals surface area contributed by atoms with E-state index >= 15 is 0 Å². The van der Waals surface area contributed by atoms with Crippen LogP contribution < -0.4 is 9.75 Å². The van der Waals surface area contributed by atoms with Gasteiger partial charge in [-0.15, -0.1) is 0 Å². The summed E-state index contributed by atoms with van der Waals surface area (Å²) in [5, 5.41) is 16.7. The molecule has 0 radical (unpaired) electrons. The van der Waals surface area contributed by atoms with Gasteiger partial charge in [0.05, 0.1) is 40.6 Å². The standard InChI is InChI=1S/C23H19N3O5/c1-14-4-6-16(7-5-14)25-23(27)20(15(2)24-25)13-18-9-11-21(31-18)19-10-8-17(26(28)29)12-22(19)30-3/h4-13H,1-3H3/b20-13+. The highest BCUT2D eigenvalue weighted by Crippen LogP contribution is 2.35. The van der Waals surface area contributed by atoms with Gasteiger partial charge in [0.15, 0.2) is 0 Å². The molecule has 4 rings (SSSR count). The molecule has 3 aromatic rings. The van der Waals surface area contributed by atoms with Crippen LogP contribution in [0.1, 0.15) is 18.2 Å². The fourth-order valence-corrected chi connectivity index (χ4v) is 3.26. The molecule has 1 aromatic heterocycles. The number of non-ortho nitro benzene ring substituents is 1. The zero-order valence-corrected chi connectivity index (χ0v) is 17.2. The Morgan fingerprint density at radius 1 is 1.10 bits per heavy atom. The Morgan fingerprint density at radius 2 is 1.84 bits per heavy atom. The molecule has 156 valence electrons. The quantitative estimate of drug-likeness (QED) is 0.331. The van der Waals surface area contributed by atoms with E-state index < -0.39 is 4.92 Å². The molecule has 2 aromatic carbocycles. The Morgan fingerprint density at radius 3 is 2.52 bits per heavy atom. The molecule has 8 heteroatoms. The van der Waals surface area contributed by atoms with Gasteiger partial charge >= 0.3 is 0 Å². The van der Waals surface area contributed by atoms with E-state index in [4.69, 9.17) is 9.15 Å². The molecule has 1 aliphatic heterocycles. The molecule has 0 unspecified atom stereocenters. The van der Waals surface area contributed by atoms with Gasteiger partial charge in [0.1, 0.15) is 17.3 Å². The van der Waals surface area contributed by atoms with E-state index in [1.165, 1.54) is 24.3 Å². The Bertz CT molecular complexity index is 1240. The summed E-state index contributed by atoms with van der Waals surface area (Å²) in [5.74, 6) is 1.00. The van der Waals surface area contributed by atoms with Gasteiger partial charge in [-0.3, -0.25) is 14.9 Å². The highest BCUT2D eigenvalue weighted by molar-refractivity contribution is 6.32. The summed E-state index contributed by atoms with van der Waals surface area (Å²) < 4.78 is 11.2. The molecular formula is C23H19N3O5. The predicted molar refractivity (Wildman–Crippen MR) is 117 cm³/mol. The first-order valence-corrected chi connectivity index (χ1v) is 9.48. The third kappa shape index (κ3) is 3.83. The molecule has 0 bridgehead atoms. The van der Waals surface area contributed by atoms with Crippen molar-refractivity contribution in [2.75, 3.05) is 12.1 Å². The van der Waals surface area contributed by atoms with Crippen molar-refractivity contribution in [1.29, 1.82) is 0 Å². The number of hydrogen-bond acceptors (Lipinski definition) is 6. The Kier molecular flexibility index (Phi) is 5.12. The van der Waals surface area contributed by atoms with Gasteiger partial charge in [-0.1, -0.05) is 17.7 Å². The lowest BCUT2D eigenvalue weighted by Crippen LogP contribution is -2.21. The van der Waals surface area contributed by atoms with E-state index in [2.05, 4.69) is 5.10 Å². The molecule has 8 nitrogen and oxygen atoms in total. The van der Waals surface area contributed by atoms with Gasteiger partial charge in [-0.2, -0.15) is 10.1 Å². The molecule has 1 aliphatic rings. The van der Waals surface area contributed by atoms with Crippen molar-refractivity contribution in [2.45, 2.75) is 13.8 Å². The lowest BCUT2D eigenvalue weighted by Gasteiger charge is -2.11. The second kappa shape index (κ2) is 7.91. The summed E-state index contributed by atoms with van der Waals surface area (Å²) >= 11 is 0. The van der Waals surface area contributed by atoms with Crippen molar-refractivity contribution in [3.05, 3.63) is 81.6 Å². The fourth-order valence-electron chi connectivity index (χ4n) is 3.26. The van der Waals surface area contributed by atoms with Gasteiger partial charge in [-0.05, 0) is 50.3 Å². The number of aryl methyl sites for hydroxylation is 1. The van der Waals surface area contributed by atoms with E-state index in [0.29, 0.717) is 39.8 Å².